The third-order valence-corrected chi connectivity index (χ3v) is 5.72. The molecule has 1 saturated carbocycles. The van der Waals surface area contributed by atoms with Crippen LogP contribution in [0.1, 0.15) is 39.0 Å². The number of hydrogen-bond acceptors (Lipinski definition) is 3. The maximum absolute atomic E-state index is 3.56. The molecule has 3 nitrogen and oxygen atoms in total. The molecule has 3 heteroatoms. The second-order valence-electron chi connectivity index (χ2n) is 7.46. The molecule has 2 unspecified atom stereocenters. The maximum atomic E-state index is 3.56. The van der Waals surface area contributed by atoms with Crippen LogP contribution in [0.4, 0.5) is 0 Å². The molecule has 3 rings (SSSR count). The summed E-state index contributed by atoms with van der Waals surface area (Å²) in [5.74, 6) is 2.88. The van der Waals surface area contributed by atoms with Crippen LogP contribution in [-0.4, -0.2) is 62.2 Å². The van der Waals surface area contributed by atoms with E-state index in [-0.39, 0.29) is 0 Å². The topological polar surface area (TPSA) is 18.5 Å². The molecule has 2 saturated heterocycles. The standard InChI is InChI=1S/C17H33N3/c1-15(17-3-2-7-18-13-17)6-8-19-9-11-20(12-10-19)14-16-4-5-16/h15-18H,2-14H2,1H3. The van der Waals surface area contributed by atoms with Crippen molar-refractivity contribution in [1.82, 2.24) is 15.1 Å². The van der Waals surface area contributed by atoms with E-state index in [2.05, 4.69) is 22.0 Å². The molecule has 1 N–H and O–H groups in total. The Morgan fingerprint density at radius 2 is 1.80 bits per heavy atom. The zero-order valence-electron chi connectivity index (χ0n) is 13.3. The normalized spacial score (nSPS) is 31.4. The molecule has 116 valence electrons. The Bertz CT molecular complexity index is 276. The van der Waals surface area contributed by atoms with E-state index in [1.54, 1.807) is 0 Å². The smallest absolute Gasteiger partial charge is 0.0110 e. The Kier molecular flexibility index (Phi) is 5.36. The van der Waals surface area contributed by atoms with Gasteiger partial charge in [-0.1, -0.05) is 6.92 Å². The van der Waals surface area contributed by atoms with Crippen molar-refractivity contribution >= 4 is 0 Å². The minimum absolute atomic E-state index is 0.896. The molecule has 20 heavy (non-hydrogen) atoms. The minimum Gasteiger partial charge on any atom is -0.316 e. The number of nitrogens with zero attached hydrogens (tertiary/aromatic N) is 2. The van der Waals surface area contributed by atoms with Gasteiger partial charge < -0.3 is 15.1 Å². The highest BCUT2D eigenvalue weighted by molar-refractivity contribution is 4.81. The van der Waals surface area contributed by atoms with Crippen molar-refractivity contribution in [1.29, 1.82) is 0 Å². The summed E-state index contributed by atoms with van der Waals surface area (Å²) in [5.41, 5.74) is 0. The van der Waals surface area contributed by atoms with Gasteiger partial charge in [0.05, 0.1) is 0 Å². The zero-order valence-corrected chi connectivity index (χ0v) is 13.3. The predicted octanol–water partition coefficient (Wildman–Crippen LogP) is 2.04. The molecular formula is C17H33N3. The summed E-state index contributed by atoms with van der Waals surface area (Å²) in [6.07, 6.45) is 7.22. The molecule has 0 spiro atoms. The third kappa shape index (κ3) is 4.44. The quantitative estimate of drug-likeness (QED) is 0.803. The van der Waals surface area contributed by atoms with Gasteiger partial charge >= 0.3 is 0 Å². The molecule has 2 aliphatic heterocycles. The molecular weight excluding hydrogens is 246 g/mol. The third-order valence-electron chi connectivity index (χ3n) is 5.72. The summed E-state index contributed by atoms with van der Waals surface area (Å²) in [6, 6.07) is 0. The average molecular weight is 279 g/mol. The van der Waals surface area contributed by atoms with Crippen LogP contribution in [0.15, 0.2) is 0 Å². The van der Waals surface area contributed by atoms with Crippen molar-refractivity contribution in [2.75, 3.05) is 52.4 Å². The molecule has 2 heterocycles. The highest BCUT2D eigenvalue weighted by Crippen LogP contribution is 2.30. The molecule has 0 bridgehead atoms. The summed E-state index contributed by atoms with van der Waals surface area (Å²) in [5, 5.41) is 3.56. The van der Waals surface area contributed by atoms with Crippen LogP contribution in [0.2, 0.25) is 0 Å². The van der Waals surface area contributed by atoms with Gasteiger partial charge in [-0.15, -0.1) is 0 Å². The van der Waals surface area contributed by atoms with E-state index >= 15 is 0 Å². The predicted molar refractivity (Wildman–Crippen MR) is 85.0 cm³/mol. The van der Waals surface area contributed by atoms with Crippen LogP contribution < -0.4 is 5.32 Å². The van der Waals surface area contributed by atoms with Gasteiger partial charge in [-0.25, -0.2) is 0 Å². The summed E-state index contributed by atoms with van der Waals surface area (Å²) in [4.78, 5) is 5.40. The van der Waals surface area contributed by atoms with Crippen molar-refractivity contribution in [3.63, 3.8) is 0 Å². The van der Waals surface area contributed by atoms with Crippen molar-refractivity contribution < 1.29 is 0 Å². The fraction of sp³-hybridized carbons (Fsp3) is 1.00. The van der Waals surface area contributed by atoms with E-state index in [9.17, 15) is 0 Å². The Balaban J connectivity index is 1.30. The lowest BCUT2D eigenvalue weighted by atomic mass is 9.85. The van der Waals surface area contributed by atoms with Crippen molar-refractivity contribution in [3.05, 3.63) is 0 Å². The van der Waals surface area contributed by atoms with E-state index in [0.717, 1.165) is 17.8 Å². The fourth-order valence-corrected chi connectivity index (χ4v) is 3.85. The zero-order chi connectivity index (χ0) is 13.8. The molecule has 0 radical (unpaired) electrons. The summed E-state index contributed by atoms with van der Waals surface area (Å²) in [6.45, 7) is 12.9. The first-order chi connectivity index (χ1) is 9.81. The molecule has 3 fully saturated rings. The molecule has 0 aromatic carbocycles. The number of rotatable bonds is 6. The van der Waals surface area contributed by atoms with Crippen molar-refractivity contribution in [3.8, 4) is 0 Å². The number of piperazine rings is 1. The molecule has 1 aliphatic carbocycles. The van der Waals surface area contributed by atoms with Gasteiger partial charge in [0.1, 0.15) is 0 Å². The Morgan fingerprint density at radius 3 is 2.45 bits per heavy atom. The second kappa shape index (κ2) is 7.24. The summed E-state index contributed by atoms with van der Waals surface area (Å²) < 4.78 is 0. The van der Waals surface area contributed by atoms with E-state index in [1.807, 2.05) is 0 Å². The average Bonchev–Trinajstić information content (AvgIpc) is 3.31. The lowest BCUT2D eigenvalue weighted by Gasteiger charge is -2.36. The summed E-state index contributed by atoms with van der Waals surface area (Å²) in [7, 11) is 0. The lowest BCUT2D eigenvalue weighted by Crippen LogP contribution is -2.47. The first-order valence-corrected chi connectivity index (χ1v) is 8.96. The van der Waals surface area contributed by atoms with Gasteiger partial charge in [-0.3, -0.25) is 0 Å². The van der Waals surface area contributed by atoms with Gasteiger partial charge in [-0.2, -0.15) is 0 Å². The van der Waals surface area contributed by atoms with Gasteiger partial charge in [0.15, 0.2) is 0 Å². The SMILES string of the molecule is CC(CCN1CCN(CC2CC2)CC1)C1CCCNC1. The Labute approximate surface area is 125 Å². The minimum atomic E-state index is 0.896. The Morgan fingerprint density at radius 1 is 1.05 bits per heavy atom. The van der Waals surface area contributed by atoms with E-state index in [1.165, 1.54) is 84.5 Å². The number of piperidine rings is 1. The summed E-state index contributed by atoms with van der Waals surface area (Å²) >= 11 is 0. The number of nitrogens with one attached hydrogen (secondary N) is 1. The fourth-order valence-electron chi connectivity index (χ4n) is 3.85. The number of hydrogen-bond donors (Lipinski definition) is 1. The first kappa shape index (κ1) is 14.8. The molecule has 0 aromatic rings. The van der Waals surface area contributed by atoms with Gasteiger partial charge in [-0.05, 0) is 69.5 Å². The van der Waals surface area contributed by atoms with Crippen LogP contribution in [0.3, 0.4) is 0 Å². The van der Waals surface area contributed by atoms with Gasteiger partial charge in [0.25, 0.3) is 0 Å². The van der Waals surface area contributed by atoms with Gasteiger partial charge in [0, 0.05) is 32.7 Å². The highest BCUT2D eigenvalue weighted by Gasteiger charge is 2.26. The maximum Gasteiger partial charge on any atom is 0.0110 e. The molecule has 0 aromatic heterocycles. The van der Waals surface area contributed by atoms with Crippen LogP contribution in [-0.2, 0) is 0 Å². The largest absolute Gasteiger partial charge is 0.316 e. The van der Waals surface area contributed by atoms with Crippen LogP contribution in [0.25, 0.3) is 0 Å². The van der Waals surface area contributed by atoms with Crippen molar-refractivity contribution in [2.45, 2.75) is 39.0 Å². The lowest BCUT2D eigenvalue weighted by molar-refractivity contribution is 0.118. The molecule has 3 aliphatic rings. The molecule has 2 atom stereocenters. The Hall–Kier alpha value is -0.120. The second-order valence-corrected chi connectivity index (χ2v) is 7.46. The monoisotopic (exact) mass is 279 g/mol. The van der Waals surface area contributed by atoms with Crippen LogP contribution in [0.5, 0.6) is 0 Å². The van der Waals surface area contributed by atoms with E-state index < -0.39 is 0 Å². The van der Waals surface area contributed by atoms with Crippen LogP contribution in [0, 0.1) is 17.8 Å². The molecule has 0 amide bonds. The van der Waals surface area contributed by atoms with Gasteiger partial charge in [0.2, 0.25) is 0 Å². The first-order valence-electron chi connectivity index (χ1n) is 8.96. The van der Waals surface area contributed by atoms with Crippen LogP contribution >= 0.6 is 0 Å². The van der Waals surface area contributed by atoms with Crippen molar-refractivity contribution in [2.24, 2.45) is 17.8 Å². The highest BCUT2D eigenvalue weighted by atomic mass is 15.3. The van der Waals surface area contributed by atoms with E-state index in [4.69, 9.17) is 0 Å². The van der Waals surface area contributed by atoms with E-state index in [0.29, 0.717) is 0 Å².